The number of rotatable bonds is 4. The maximum atomic E-state index is 12.1. The van der Waals surface area contributed by atoms with Crippen molar-refractivity contribution < 1.29 is 9.53 Å². The molecule has 2 amide bonds. The molecule has 1 aliphatic rings. The van der Waals surface area contributed by atoms with Crippen molar-refractivity contribution in [1.29, 1.82) is 0 Å². The summed E-state index contributed by atoms with van der Waals surface area (Å²) < 4.78 is 7.13. The summed E-state index contributed by atoms with van der Waals surface area (Å²) in [6.45, 7) is 12.4. The van der Waals surface area contributed by atoms with Crippen LogP contribution in [0.5, 0.6) is 0 Å². The summed E-state index contributed by atoms with van der Waals surface area (Å²) in [5.41, 5.74) is -0.175. The zero-order valence-electron chi connectivity index (χ0n) is 13.9. The van der Waals surface area contributed by atoms with E-state index in [1.807, 2.05) is 27.7 Å². The zero-order valence-corrected chi connectivity index (χ0v) is 13.9. The SMILES string of the molecule is CC(CN1CCOCC1)NC(=O)Nc1ccnn1C(C)(C)C. The number of anilines is 1. The molecule has 1 unspecified atom stereocenters. The highest BCUT2D eigenvalue weighted by Gasteiger charge is 2.19. The first-order valence-electron chi connectivity index (χ1n) is 7.78. The molecule has 0 bridgehead atoms. The van der Waals surface area contributed by atoms with E-state index in [9.17, 15) is 4.79 Å². The van der Waals surface area contributed by atoms with Gasteiger partial charge in [0, 0.05) is 31.7 Å². The number of ether oxygens (including phenoxy) is 1. The predicted octanol–water partition coefficient (Wildman–Crippen LogP) is 1.48. The first-order valence-corrected chi connectivity index (χ1v) is 7.78. The van der Waals surface area contributed by atoms with Crippen LogP contribution in [0.2, 0.25) is 0 Å². The molecule has 0 aromatic carbocycles. The quantitative estimate of drug-likeness (QED) is 0.884. The summed E-state index contributed by atoms with van der Waals surface area (Å²) in [5, 5.41) is 10.1. The Labute approximate surface area is 132 Å². The minimum absolute atomic E-state index is 0.0732. The number of carbonyl (C=O) groups is 1. The van der Waals surface area contributed by atoms with E-state index in [1.165, 1.54) is 0 Å². The van der Waals surface area contributed by atoms with Crippen molar-refractivity contribution in [1.82, 2.24) is 20.0 Å². The van der Waals surface area contributed by atoms with Crippen molar-refractivity contribution in [2.75, 3.05) is 38.2 Å². The van der Waals surface area contributed by atoms with E-state index in [1.54, 1.807) is 16.9 Å². The van der Waals surface area contributed by atoms with Gasteiger partial charge in [-0.15, -0.1) is 0 Å². The topological polar surface area (TPSA) is 71.4 Å². The molecule has 0 aliphatic carbocycles. The van der Waals surface area contributed by atoms with Crippen LogP contribution in [0.4, 0.5) is 10.6 Å². The van der Waals surface area contributed by atoms with E-state index in [-0.39, 0.29) is 17.6 Å². The maximum Gasteiger partial charge on any atom is 0.320 e. The number of carbonyl (C=O) groups excluding carboxylic acids is 1. The monoisotopic (exact) mass is 309 g/mol. The molecule has 7 heteroatoms. The van der Waals surface area contributed by atoms with Gasteiger partial charge in [-0.1, -0.05) is 0 Å². The molecule has 1 atom stereocenters. The fourth-order valence-electron chi connectivity index (χ4n) is 2.53. The highest BCUT2D eigenvalue weighted by atomic mass is 16.5. The third-order valence-corrected chi connectivity index (χ3v) is 3.53. The first-order chi connectivity index (χ1) is 10.4. The Balaban J connectivity index is 1.83. The smallest absolute Gasteiger partial charge is 0.320 e. The van der Waals surface area contributed by atoms with Crippen molar-refractivity contribution in [2.24, 2.45) is 0 Å². The minimum atomic E-state index is -0.202. The number of aromatic nitrogens is 2. The van der Waals surface area contributed by atoms with Gasteiger partial charge in [-0.2, -0.15) is 5.10 Å². The maximum absolute atomic E-state index is 12.1. The molecule has 124 valence electrons. The standard InChI is InChI=1S/C15H27N5O2/c1-12(11-19-7-9-22-10-8-19)17-14(21)18-13-5-6-16-20(13)15(2,3)4/h5-6,12H,7-11H2,1-4H3,(H2,17,18,21). The van der Waals surface area contributed by atoms with Crippen LogP contribution in [0.1, 0.15) is 27.7 Å². The Hall–Kier alpha value is -1.60. The van der Waals surface area contributed by atoms with Gasteiger partial charge in [-0.05, 0) is 27.7 Å². The number of amides is 2. The largest absolute Gasteiger partial charge is 0.379 e. The third kappa shape index (κ3) is 4.71. The highest BCUT2D eigenvalue weighted by Crippen LogP contribution is 2.18. The molecule has 1 aliphatic heterocycles. The number of hydrogen-bond acceptors (Lipinski definition) is 4. The van der Waals surface area contributed by atoms with Crippen LogP contribution in [0.15, 0.2) is 12.3 Å². The van der Waals surface area contributed by atoms with E-state index in [0.717, 1.165) is 32.8 Å². The van der Waals surface area contributed by atoms with Crippen LogP contribution in [-0.4, -0.2) is 59.6 Å². The lowest BCUT2D eigenvalue weighted by atomic mass is 10.1. The molecule has 1 aromatic heterocycles. The zero-order chi connectivity index (χ0) is 16.2. The molecule has 0 saturated carbocycles. The van der Waals surface area contributed by atoms with Crippen molar-refractivity contribution in [3.63, 3.8) is 0 Å². The molecular weight excluding hydrogens is 282 g/mol. The molecule has 2 N–H and O–H groups in total. The molecule has 2 rings (SSSR count). The Bertz CT molecular complexity index is 488. The van der Waals surface area contributed by atoms with Crippen LogP contribution in [0.3, 0.4) is 0 Å². The van der Waals surface area contributed by atoms with E-state index in [0.29, 0.717) is 5.82 Å². The Morgan fingerprint density at radius 2 is 2.09 bits per heavy atom. The summed E-state index contributed by atoms with van der Waals surface area (Å²) in [6.07, 6.45) is 1.69. The fourth-order valence-corrected chi connectivity index (χ4v) is 2.53. The van der Waals surface area contributed by atoms with Crippen molar-refractivity contribution in [3.8, 4) is 0 Å². The van der Waals surface area contributed by atoms with Crippen LogP contribution < -0.4 is 10.6 Å². The third-order valence-electron chi connectivity index (χ3n) is 3.53. The van der Waals surface area contributed by atoms with E-state index < -0.39 is 0 Å². The molecule has 0 spiro atoms. The van der Waals surface area contributed by atoms with Gasteiger partial charge in [0.25, 0.3) is 0 Å². The van der Waals surface area contributed by atoms with Crippen molar-refractivity contribution in [2.45, 2.75) is 39.3 Å². The molecule has 0 radical (unpaired) electrons. The van der Waals surface area contributed by atoms with Gasteiger partial charge >= 0.3 is 6.03 Å². The summed E-state index contributed by atoms with van der Waals surface area (Å²) in [5.74, 6) is 0.698. The lowest BCUT2D eigenvalue weighted by Crippen LogP contribution is -2.47. The normalized spacial score (nSPS) is 18.0. The second-order valence-electron chi connectivity index (χ2n) is 6.71. The molecule has 1 saturated heterocycles. The van der Waals surface area contributed by atoms with Crippen molar-refractivity contribution in [3.05, 3.63) is 12.3 Å². The average Bonchev–Trinajstić information content (AvgIpc) is 2.87. The Morgan fingerprint density at radius 1 is 1.41 bits per heavy atom. The Kier molecular flexibility index (Phi) is 5.42. The molecular formula is C15H27N5O2. The number of hydrogen-bond donors (Lipinski definition) is 2. The van der Waals surface area contributed by atoms with Gasteiger partial charge in [0.15, 0.2) is 0 Å². The van der Waals surface area contributed by atoms with Gasteiger partial charge in [0.05, 0.1) is 24.9 Å². The van der Waals surface area contributed by atoms with Crippen LogP contribution in [0, 0.1) is 0 Å². The molecule has 2 heterocycles. The molecule has 1 fully saturated rings. The average molecular weight is 309 g/mol. The van der Waals surface area contributed by atoms with E-state index >= 15 is 0 Å². The van der Waals surface area contributed by atoms with Gasteiger partial charge in [-0.25, -0.2) is 9.48 Å². The van der Waals surface area contributed by atoms with E-state index in [2.05, 4.69) is 20.6 Å². The van der Waals surface area contributed by atoms with E-state index in [4.69, 9.17) is 4.74 Å². The lowest BCUT2D eigenvalue weighted by Gasteiger charge is -2.29. The molecule has 22 heavy (non-hydrogen) atoms. The summed E-state index contributed by atoms with van der Waals surface area (Å²) in [4.78, 5) is 14.4. The summed E-state index contributed by atoms with van der Waals surface area (Å²) >= 11 is 0. The second kappa shape index (κ2) is 7.11. The predicted molar refractivity (Wildman–Crippen MR) is 86.1 cm³/mol. The number of nitrogens with one attached hydrogen (secondary N) is 2. The minimum Gasteiger partial charge on any atom is -0.379 e. The van der Waals surface area contributed by atoms with Gasteiger partial charge < -0.3 is 10.1 Å². The Morgan fingerprint density at radius 3 is 2.73 bits per heavy atom. The fraction of sp³-hybridized carbons (Fsp3) is 0.733. The van der Waals surface area contributed by atoms with Crippen LogP contribution in [-0.2, 0) is 10.3 Å². The number of morpholine rings is 1. The van der Waals surface area contributed by atoms with Crippen LogP contribution in [0.25, 0.3) is 0 Å². The van der Waals surface area contributed by atoms with Crippen molar-refractivity contribution >= 4 is 11.8 Å². The van der Waals surface area contributed by atoms with Gasteiger partial charge in [0.1, 0.15) is 5.82 Å². The second-order valence-corrected chi connectivity index (χ2v) is 6.71. The number of urea groups is 1. The highest BCUT2D eigenvalue weighted by molar-refractivity contribution is 5.88. The molecule has 1 aromatic rings. The number of nitrogens with zero attached hydrogens (tertiary/aromatic N) is 3. The van der Waals surface area contributed by atoms with Gasteiger partial charge in [0.2, 0.25) is 0 Å². The molecule has 7 nitrogen and oxygen atoms in total. The summed E-state index contributed by atoms with van der Waals surface area (Å²) in [7, 11) is 0. The van der Waals surface area contributed by atoms with Gasteiger partial charge in [-0.3, -0.25) is 10.2 Å². The van der Waals surface area contributed by atoms with Crippen LogP contribution >= 0.6 is 0 Å². The first kappa shape index (κ1) is 16.8. The summed E-state index contributed by atoms with van der Waals surface area (Å²) in [6, 6.07) is 1.67. The lowest BCUT2D eigenvalue weighted by molar-refractivity contribution is 0.0350.